The van der Waals surface area contributed by atoms with Crippen LogP contribution in [0.3, 0.4) is 0 Å². The third kappa shape index (κ3) is 4.90. The maximum absolute atomic E-state index is 12.5. The first kappa shape index (κ1) is 19.9. The highest BCUT2D eigenvalue weighted by atomic mass is 127. The van der Waals surface area contributed by atoms with Gasteiger partial charge in [-0.15, -0.1) is 0 Å². The van der Waals surface area contributed by atoms with Gasteiger partial charge in [-0.05, 0) is 98.3 Å². The molecule has 1 aliphatic rings. The Labute approximate surface area is 181 Å². The normalized spacial score (nSPS) is 15.5. The summed E-state index contributed by atoms with van der Waals surface area (Å²) in [6.45, 7) is -0.354. The van der Waals surface area contributed by atoms with E-state index in [4.69, 9.17) is 0 Å². The maximum atomic E-state index is 12.5. The monoisotopic (exact) mass is 558 g/mol. The maximum Gasteiger partial charge on any atom is 0.294 e. The number of rotatable bonds is 4. The van der Waals surface area contributed by atoms with Gasteiger partial charge < -0.3 is 10.4 Å². The van der Waals surface area contributed by atoms with E-state index in [1.807, 2.05) is 12.1 Å². The fraction of sp³-hybridized carbons (Fsp3) is 0.0556. The van der Waals surface area contributed by atoms with Crippen LogP contribution in [0.15, 0.2) is 51.8 Å². The Bertz CT molecular complexity index is 962. The highest BCUT2D eigenvalue weighted by Gasteiger charge is 2.36. The number of halogens is 2. The second kappa shape index (κ2) is 8.44. The Morgan fingerprint density at radius 1 is 1.22 bits per heavy atom. The van der Waals surface area contributed by atoms with Crippen LogP contribution in [0.2, 0.25) is 0 Å². The first-order valence-corrected chi connectivity index (χ1v) is 10.3. The topological polar surface area (TPSA) is 86.7 Å². The molecular formula is C18H12BrIN2O4S. The van der Waals surface area contributed by atoms with Gasteiger partial charge in [-0.3, -0.25) is 19.3 Å². The molecule has 0 unspecified atom stereocenters. The molecular weight excluding hydrogens is 547 g/mol. The minimum atomic E-state index is -0.521. The molecule has 2 aromatic carbocycles. The first-order chi connectivity index (χ1) is 12.8. The molecule has 1 aliphatic heterocycles. The van der Waals surface area contributed by atoms with E-state index in [1.165, 1.54) is 6.07 Å². The molecule has 9 heteroatoms. The lowest BCUT2D eigenvalue weighted by molar-refractivity contribution is -0.127. The molecule has 2 aromatic rings. The molecule has 3 rings (SSSR count). The van der Waals surface area contributed by atoms with Gasteiger partial charge in [0.25, 0.3) is 11.1 Å². The minimum absolute atomic E-state index is 0.0764. The number of nitrogens with one attached hydrogen (secondary N) is 1. The fourth-order valence-corrected chi connectivity index (χ4v) is 3.87. The molecule has 0 bridgehead atoms. The number of phenolic OH excluding ortho intramolecular Hbond substituents is 1. The van der Waals surface area contributed by atoms with Crippen LogP contribution in [0.5, 0.6) is 5.75 Å². The summed E-state index contributed by atoms with van der Waals surface area (Å²) < 4.78 is 1.51. The number of amides is 3. The Hall–Kier alpha value is -1.85. The zero-order valence-corrected chi connectivity index (χ0v) is 18.2. The van der Waals surface area contributed by atoms with Crippen LogP contribution in [-0.2, 0) is 9.59 Å². The molecule has 6 nitrogen and oxygen atoms in total. The predicted octanol–water partition coefficient (Wildman–Crippen LogP) is 4.43. The van der Waals surface area contributed by atoms with E-state index in [0.717, 1.165) is 20.2 Å². The van der Waals surface area contributed by atoms with E-state index < -0.39 is 17.1 Å². The molecule has 0 aliphatic carbocycles. The molecule has 27 heavy (non-hydrogen) atoms. The lowest BCUT2D eigenvalue weighted by atomic mass is 10.2. The largest absolute Gasteiger partial charge is 0.507 e. The van der Waals surface area contributed by atoms with Gasteiger partial charge in [-0.25, -0.2) is 0 Å². The van der Waals surface area contributed by atoms with E-state index in [1.54, 1.807) is 30.3 Å². The molecule has 0 saturated carbocycles. The van der Waals surface area contributed by atoms with E-state index >= 15 is 0 Å². The number of imide groups is 1. The Kier molecular flexibility index (Phi) is 6.22. The number of aromatic hydroxyl groups is 1. The molecule has 0 radical (unpaired) electrons. The number of anilines is 1. The number of hydrogen-bond donors (Lipinski definition) is 2. The van der Waals surface area contributed by atoms with Crippen LogP contribution < -0.4 is 5.32 Å². The SMILES string of the molecule is O=C(CN1C(=O)S/C(=C/c2ccc(O)c(Br)c2)C1=O)Nc1ccc(I)cc1. The zero-order valence-electron chi connectivity index (χ0n) is 13.6. The first-order valence-electron chi connectivity index (χ1n) is 7.63. The summed E-state index contributed by atoms with van der Waals surface area (Å²) in [6.07, 6.45) is 1.55. The summed E-state index contributed by atoms with van der Waals surface area (Å²) in [6, 6.07) is 11.9. The molecule has 0 spiro atoms. The molecule has 1 heterocycles. The van der Waals surface area contributed by atoms with E-state index in [0.29, 0.717) is 15.7 Å². The second-order valence-corrected chi connectivity index (χ2v) is 8.63. The number of benzene rings is 2. The van der Waals surface area contributed by atoms with Gasteiger partial charge in [0, 0.05) is 9.26 Å². The van der Waals surface area contributed by atoms with Gasteiger partial charge in [0.05, 0.1) is 9.38 Å². The lowest BCUT2D eigenvalue weighted by Gasteiger charge is -2.12. The molecule has 138 valence electrons. The average Bonchev–Trinajstić information content (AvgIpc) is 2.87. The van der Waals surface area contributed by atoms with Crippen molar-refractivity contribution in [2.24, 2.45) is 0 Å². The Morgan fingerprint density at radius 2 is 1.93 bits per heavy atom. The zero-order chi connectivity index (χ0) is 19.6. The minimum Gasteiger partial charge on any atom is -0.507 e. The smallest absolute Gasteiger partial charge is 0.294 e. The van der Waals surface area contributed by atoms with Crippen molar-refractivity contribution in [1.82, 2.24) is 4.90 Å². The summed E-state index contributed by atoms with van der Waals surface area (Å²) in [4.78, 5) is 37.9. The van der Waals surface area contributed by atoms with E-state index in [2.05, 4.69) is 43.8 Å². The fourth-order valence-electron chi connectivity index (χ4n) is 2.28. The van der Waals surface area contributed by atoms with Gasteiger partial charge in [0.1, 0.15) is 12.3 Å². The van der Waals surface area contributed by atoms with Crippen LogP contribution in [0, 0.1) is 3.57 Å². The summed E-state index contributed by atoms with van der Waals surface area (Å²) in [5.41, 5.74) is 1.24. The van der Waals surface area contributed by atoms with Crippen LogP contribution in [0.25, 0.3) is 6.08 Å². The number of carbonyl (C=O) groups is 3. The van der Waals surface area contributed by atoms with E-state index in [-0.39, 0.29) is 17.2 Å². The van der Waals surface area contributed by atoms with Gasteiger partial charge in [-0.2, -0.15) is 0 Å². The van der Waals surface area contributed by atoms with Gasteiger partial charge in [0.15, 0.2) is 0 Å². The molecule has 0 aromatic heterocycles. The Morgan fingerprint density at radius 3 is 2.59 bits per heavy atom. The third-order valence-electron chi connectivity index (χ3n) is 3.57. The summed E-state index contributed by atoms with van der Waals surface area (Å²) in [5, 5.41) is 11.7. The standard InChI is InChI=1S/C18H12BrIN2O4S/c19-13-7-10(1-6-14(13)23)8-15-17(25)22(18(26)27-15)9-16(24)21-12-4-2-11(20)3-5-12/h1-8,23H,9H2,(H,21,24)/b15-8+. The van der Waals surface area contributed by atoms with Crippen molar-refractivity contribution in [3.05, 3.63) is 61.0 Å². The third-order valence-corrected chi connectivity index (χ3v) is 5.83. The lowest BCUT2D eigenvalue weighted by Crippen LogP contribution is -2.36. The van der Waals surface area contributed by atoms with Crippen molar-refractivity contribution >= 4 is 79.1 Å². The summed E-state index contributed by atoms with van der Waals surface area (Å²) in [7, 11) is 0. The Balaban J connectivity index is 1.70. The van der Waals surface area contributed by atoms with Crippen molar-refractivity contribution < 1.29 is 19.5 Å². The van der Waals surface area contributed by atoms with Gasteiger partial charge in [-0.1, -0.05) is 6.07 Å². The number of nitrogens with zero attached hydrogens (tertiary/aromatic N) is 1. The van der Waals surface area contributed by atoms with Crippen molar-refractivity contribution in [3.63, 3.8) is 0 Å². The van der Waals surface area contributed by atoms with Crippen LogP contribution in [-0.4, -0.2) is 33.6 Å². The molecule has 1 saturated heterocycles. The van der Waals surface area contributed by atoms with Crippen LogP contribution >= 0.6 is 50.3 Å². The predicted molar refractivity (Wildman–Crippen MR) is 116 cm³/mol. The molecule has 2 N–H and O–H groups in total. The molecule has 3 amide bonds. The van der Waals surface area contributed by atoms with Crippen molar-refractivity contribution in [2.45, 2.75) is 0 Å². The highest BCUT2D eigenvalue weighted by molar-refractivity contribution is 14.1. The summed E-state index contributed by atoms with van der Waals surface area (Å²) in [5.74, 6) is -0.897. The molecule has 0 atom stereocenters. The number of carbonyl (C=O) groups excluding carboxylic acids is 3. The van der Waals surface area contributed by atoms with Gasteiger partial charge in [0.2, 0.25) is 5.91 Å². The molecule has 1 fully saturated rings. The summed E-state index contributed by atoms with van der Waals surface area (Å²) >= 11 is 6.13. The van der Waals surface area contributed by atoms with E-state index in [9.17, 15) is 19.5 Å². The van der Waals surface area contributed by atoms with Crippen LogP contribution in [0.1, 0.15) is 5.56 Å². The van der Waals surface area contributed by atoms with Crippen molar-refractivity contribution in [1.29, 1.82) is 0 Å². The average molecular weight is 559 g/mol. The highest BCUT2D eigenvalue weighted by Crippen LogP contribution is 2.33. The quantitative estimate of drug-likeness (QED) is 0.428. The second-order valence-electron chi connectivity index (χ2n) is 5.53. The van der Waals surface area contributed by atoms with Gasteiger partial charge >= 0.3 is 0 Å². The number of hydrogen-bond acceptors (Lipinski definition) is 5. The number of phenols is 1. The van der Waals surface area contributed by atoms with Crippen molar-refractivity contribution in [2.75, 3.05) is 11.9 Å². The van der Waals surface area contributed by atoms with Crippen molar-refractivity contribution in [3.8, 4) is 5.75 Å². The number of thioether (sulfide) groups is 1. The van der Waals surface area contributed by atoms with Crippen LogP contribution in [0.4, 0.5) is 10.5 Å².